The number of thiophene rings is 1. The van der Waals surface area contributed by atoms with Crippen molar-refractivity contribution in [1.82, 2.24) is 10.2 Å². The fraction of sp³-hybridized carbons (Fsp3) is 0.357. The van der Waals surface area contributed by atoms with E-state index >= 15 is 0 Å². The van der Waals surface area contributed by atoms with Crippen LogP contribution < -0.4 is 11.1 Å². The summed E-state index contributed by atoms with van der Waals surface area (Å²) in [6.07, 6.45) is 0. The molecule has 3 N–H and O–H groups in total. The second kappa shape index (κ2) is 5.59. The first-order chi connectivity index (χ1) is 8.99. The van der Waals surface area contributed by atoms with Gasteiger partial charge in [0.1, 0.15) is 4.88 Å². The number of nitrogens with two attached hydrogens (primary N) is 1. The lowest BCUT2D eigenvalue weighted by molar-refractivity contribution is 0.0956. The van der Waals surface area contributed by atoms with Crippen molar-refractivity contribution in [1.29, 1.82) is 0 Å². The van der Waals surface area contributed by atoms with E-state index < -0.39 is 0 Å². The van der Waals surface area contributed by atoms with E-state index in [-0.39, 0.29) is 5.91 Å². The number of likely N-dealkylation sites (N-methyl/N-ethyl adjacent to an activating group) is 1. The number of hydrogen-bond donors (Lipinski definition) is 2. The molecule has 0 atom stereocenters. The highest BCUT2D eigenvalue weighted by Crippen LogP contribution is 2.33. The quantitative estimate of drug-likeness (QED) is 0.899. The average molecular weight is 277 g/mol. The van der Waals surface area contributed by atoms with Gasteiger partial charge in [-0.25, -0.2) is 0 Å². The fourth-order valence-corrected chi connectivity index (χ4v) is 3.00. The summed E-state index contributed by atoms with van der Waals surface area (Å²) in [5, 5.41) is 3.86. The Kier molecular flexibility index (Phi) is 4.07. The van der Waals surface area contributed by atoms with Gasteiger partial charge in [0.05, 0.1) is 5.69 Å². The van der Waals surface area contributed by atoms with E-state index in [1.165, 1.54) is 16.9 Å². The van der Waals surface area contributed by atoms with Gasteiger partial charge in [-0.05, 0) is 32.6 Å². The third-order valence-corrected chi connectivity index (χ3v) is 4.10. The highest BCUT2D eigenvalue weighted by molar-refractivity contribution is 7.21. The molecule has 0 bridgehead atoms. The first-order valence-corrected chi connectivity index (χ1v) is 7.02. The summed E-state index contributed by atoms with van der Waals surface area (Å²) in [6.45, 7) is 3.47. The Bertz CT molecular complexity index is 604. The minimum atomic E-state index is -0.0850. The molecule has 2 aromatic rings. The number of anilines is 1. The van der Waals surface area contributed by atoms with Crippen molar-refractivity contribution in [2.75, 3.05) is 32.9 Å². The Morgan fingerprint density at radius 2 is 2.16 bits per heavy atom. The molecule has 0 radical (unpaired) electrons. The first-order valence-electron chi connectivity index (χ1n) is 6.20. The number of amides is 1. The van der Waals surface area contributed by atoms with Gasteiger partial charge in [0.2, 0.25) is 0 Å². The van der Waals surface area contributed by atoms with Crippen LogP contribution in [0.3, 0.4) is 0 Å². The summed E-state index contributed by atoms with van der Waals surface area (Å²) in [4.78, 5) is 14.7. The van der Waals surface area contributed by atoms with Crippen molar-refractivity contribution < 1.29 is 4.79 Å². The number of nitrogens with zero attached hydrogens (tertiary/aromatic N) is 1. The van der Waals surface area contributed by atoms with Crippen LogP contribution >= 0.6 is 11.3 Å². The molecule has 0 aliphatic rings. The van der Waals surface area contributed by atoms with Gasteiger partial charge >= 0.3 is 0 Å². The molecular formula is C14H19N3OS. The number of carbonyl (C=O) groups excluding carboxylic acids is 1. The van der Waals surface area contributed by atoms with E-state index in [0.717, 1.165) is 16.6 Å². The smallest absolute Gasteiger partial charge is 0.263 e. The summed E-state index contributed by atoms with van der Waals surface area (Å²) < 4.78 is 1.07. The van der Waals surface area contributed by atoms with Gasteiger partial charge in [0.15, 0.2) is 0 Å². The summed E-state index contributed by atoms with van der Waals surface area (Å²) in [5.41, 5.74) is 7.82. The maximum Gasteiger partial charge on any atom is 0.263 e. The third-order valence-electron chi connectivity index (χ3n) is 2.93. The SMILES string of the molecule is Cc1ccc2c(N)c(C(=O)NCCN(C)C)sc2c1. The van der Waals surface area contributed by atoms with Crippen molar-refractivity contribution in [3.8, 4) is 0 Å². The Morgan fingerprint density at radius 1 is 1.42 bits per heavy atom. The van der Waals surface area contributed by atoms with Gasteiger partial charge in [-0.3, -0.25) is 4.79 Å². The van der Waals surface area contributed by atoms with Crippen LogP contribution in [0.15, 0.2) is 18.2 Å². The van der Waals surface area contributed by atoms with Crippen LogP contribution in [0.1, 0.15) is 15.2 Å². The Hall–Kier alpha value is -1.59. The lowest BCUT2D eigenvalue weighted by atomic mass is 10.1. The van der Waals surface area contributed by atoms with Crippen LogP contribution in [0.25, 0.3) is 10.1 Å². The topological polar surface area (TPSA) is 58.4 Å². The molecular weight excluding hydrogens is 258 g/mol. The fourth-order valence-electron chi connectivity index (χ4n) is 1.87. The molecule has 0 fully saturated rings. The van der Waals surface area contributed by atoms with Gasteiger partial charge in [-0.2, -0.15) is 0 Å². The standard InChI is InChI=1S/C14H19N3OS/c1-9-4-5-10-11(8-9)19-13(12(10)15)14(18)16-6-7-17(2)3/h4-5,8H,6-7,15H2,1-3H3,(H,16,18). The summed E-state index contributed by atoms with van der Waals surface area (Å²) in [6, 6.07) is 6.05. The number of nitrogen functional groups attached to an aromatic ring is 1. The van der Waals surface area contributed by atoms with E-state index in [1.54, 1.807) is 0 Å². The number of aryl methyl sites for hydroxylation is 1. The predicted molar refractivity (Wildman–Crippen MR) is 81.9 cm³/mol. The Balaban J connectivity index is 2.20. The Labute approximate surface area is 117 Å². The van der Waals surface area contributed by atoms with Crippen LogP contribution in [-0.2, 0) is 0 Å². The van der Waals surface area contributed by atoms with Crippen molar-refractivity contribution in [2.24, 2.45) is 0 Å². The number of carbonyl (C=O) groups is 1. The van der Waals surface area contributed by atoms with Crippen LogP contribution in [0.2, 0.25) is 0 Å². The zero-order chi connectivity index (χ0) is 14.0. The highest BCUT2D eigenvalue weighted by atomic mass is 32.1. The maximum atomic E-state index is 12.1. The van der Waals surface area contributed by atoms with Gasteiger partial charge in [0.25, 0.3) is 5.91 Å². The molecule has 19 heavy (non-hydrogen) atoms. The number of nitrogens with one attached hydrogen (secondary N) is 1. The molecule has 1 aromatic heterocycles. The van der Waals surface area contributed by atoms with Gasteiger partial charge in [-0.1, -0.05) is 12.1 Å². The lowest BCUT2D eigenvalue weighted by Crippen LogP contribution is -2.31. The molecule has 5 heteroatoms. The average Bonchev–Trinajstić information content (AvgIpc) is 2.65. The van der Waals surface area contributed by atoms with Crippen LogP contribution in [0.4, 0.5) is 5.69 Å². The Morgan fingerprint density at radius 3 is 2.84 bits per heavy atom. The maximum absolute atomic E-state index is 12.1. The number of benzene rings is 1. The molecule has 4 nitrogen and oxygen atoms in total. The van der Waals surface area contributed by atoms with Gasteiger partial charge in [-0.15, -0.1) is 11.3 Å². The van der Waals surface area contributed by atoms with E-state index in [4.69, 9.17) is 5.73 Å². The summed E-state index contributed by atoms with van der Waals surface area (Å²) >= 11 is 1.45. The molecule has 0 saturated carbocycles. The van der Waals surface area contributed by atoms with Crippen molar-refractivity contribution in [2.45, 2.75) is 6.92 Å². The monoisotopic (exact) mass is 277 g/mol. The van der Waals surface area contributed by atoms with Crippen molar-refractivity contribution in [3.05, 3.63) is 28.6 Å². The third kappa shape index (κ3) is 3.05. The van der Waals surface area contributed by atoms with E-state index in [0.29, 0.717) is 17.1 Å². The molecule has 102 valence electrons. The summed E-state index contributed by atoms with van der Waals surface area (Å²) in [7, 11) is 3.95. The zero-order valence-electron chi connectivity index (χ0n) is 11.5. The van der Waals surface area contributed by atoms with Crippen LogP contribution in [0, 0.1) is 6.92 Å². The first kappa shape index (κ1) is 13.8. The minimum absolute atomic E-state index is 0.0850. The molecule has 1 aromatic carbocycles. The van der Waals surface area contributed by atoms with E-state index in [9.17, 15) is 4.79 Å². The van der Waals surface area contributed by atoms with Gasteiger partial charge in [0, 0.05) is 23.2 Å². The second-order valence-electron chi connectivity index (χ2n) is 4.90. The van der Waals surface area contributed by atoms with Crippen LogP contribution in [0.5, 0.6) is 0 Å². The number of fused-ring (bicyclic) bond motifs is 1. The molecule has 0 unspecified atom stereocenters. The van der Waals surface area contributed by atoms with E-state index in [2.05, 4.69) is 11.4 Å². The number of hydrogen-bond acceptors (Lipinski definition) is 4. The minimum Gasteiger partial charge on any atom is -0.397 e. The molecule has 2 rings (SSSR count). The van der Waals surface area contributed by atoms with Gasteiger partial charge < -0.3 is 16.0 Å². The molecule has 0 spiro atoms. The molecule has 1 amide bonds. The van der Waals surface area contributed by atoms with Crippen LogP contribution in [-0.4, -0.2) is 38.0 Å². The van der Waals surface area contributed by atoms with Crippen molar-refractivity contribution >= 4 is 33.0 Å². The lowest BCUT2D eigenvalue weighted by Gasteiger charge is -2.09. The molecule has 0 aliphatic carbocycles. The highest BCUT2D eigenvalue weighted by Gasteiger charge is 2.15. The molecule has 0 aliphatic heterocycles. The van der Waals surface area contributed by atoms with Crippen molar-refractivity contribution in [3.63, 3.8) is 0 Å². The number of rotatable bonds is 4. The summed E-state index contributed by atoms with van der Waals surface area (Å²) in [5.74, 6) is -0.0850. The molecule has 0 saturated heterocycles. The zero-order valence-corrected chi connectivity index (χ0v) is 12.3. The predicted octanol–water partition coefficient (Wildman–Crippen LogP) is 2.08. The molecule has 1 heterocycles. The normalized spacial score (nSPS) is 11.2. The van der Waals surface area contributed by atoms with E-state index in [1.807, 2.05) is 38.1 Å². The second-order valence-corrected chi connectivity index (χ2v) is 5.96. The largest absolute Gasteiger partial charge is 0.397 e.